The Kier molecular flexibility index (Phi) is 4.28. The van der Waals surface area contributed by atoms with Crippen LogP contribution in [0.2, 0.25) is 0 Å². The number of fused-ring (bicyclic) bond motifs is 1. The molecule has 1 heterocycles. The Balaban J connectivity index is 1.80. The van der Waals surface area contributed by atoms with Gasteiger partial charge in [0.1, 0.15) is 30.2 Å². The van der Waals surface area contributed by atoms with Crippen molar-refractivity contribution in [3.63, 3.8) is 0 Å². The van der Waals surface area contributed by atoms with Crippen LogP contribution in [-0.4, -0.2) is 57.7 Å². The first-order chi connectivity index (χ1) is 10.6. The molecule has 2 aromatic rings. The van der Waals surface area contributed by atoms with Gasteiger partial charge in [0.15, 0.2) is 0 Å². The molecule has 6 heteroatoms. The molecule has 3 rings (SSSR count). The highest BCUT2D eigenvalue weighted by Crippen LogP contribution is 2.26. The van der Waals surface area contributed by atoms with E-state index < -0.39 is 37.3 Å². The maximum absolute atomic E-state index is 9.95. The van der Waals surface area contributed by atoms with Crippen LogP contribution in [0.25, 0.3) is 10.8 Å². The number of hydrogen-bond donors (Lipinski definition) is 4. The molecule has 1 aliphatic heterocycles. The van der Waals surface area contributed by atoms with Gasteiger partial charge in [-0.25, -0.2) is 0 Å². The van der Waals surface area contributed by atoms with Gasteiger partial charge in [-0.05, 0) is 22.9 Å². The normalized spacial score (nSPS) is 32.1. The second kappa shape index (κ2) is 6.20. The highest BCUT2D eigenvalue weighted by atomic mass is 16.7. The lowest BCUT2D eigenvalue weighted by molar-refractivity contribution is -0.277. The van der Waals surface area contributed by atoms with Gasteiger partial charge in [0.25, 0.3) is 0 Å². The third kappa shape index (κ3) is 2.79. The first-order valence-electron chi connectivity index (χ1n) is 7.06. The van der Waals surface area contributed by atoms with Crippen molar-refractivity contribution in [2.24, 2.45) is 0 Å². The van der Waals surface area contributed by atoms with Crippen molar-refractivity contribution in [3.8, 4) is 5.75 Å². The van der Waals surface area contributed by atoms with Crippen LogP contribution in [0, 0.1) is 0 Å². The summed E-state index contributed by atoms with van der Waals surface area (Å²) in [5, 5.41) is 40.6. The first kappa shape index (κ1) is 15.2. The summed E-state index contributed by atoms with van der Waals surface area (Å²) >= 11 is 0. The summed E-state index contributed by atoms with van der Waals surface area (Å²) in [6.45, 7) is -0.484. The topological polar surface area (TPSA) is 99.4 Å². The molecule has 6 nitrogen and oxygen atoms in total. The standard InChI is InChI=1S/C16H18O6/c17-8-12-13(18)14(19)15(20)16(22-12)21-11-6-5-9-3-1-2-4-10(9)7-11/h1-7,12-20H,8H2/t12-,13-,14+,15+,16-/m0/s1. The summed E-state index contributed by atoms with van der Waals surface area (Å²) in [6, 6.07) is 13.1. The van der Waals surface area contributed by atoms with E-state index in [1.165, 1.54) is 0 Å². The van der Waals surface area contributed by atoms with Gasteiger partial charge in [-0.15, -0.1) is 0 Å². The summed E-state index contributed by atoms with van der Waals surface area (Å²) in [5.41, 5.74) is 0. The van der Waals surface area contributed by atoms with E-state index in [1.54, 1.807) is 12.1 Å². The number of aliphatic hydroxyl groups is 4. The van der Waals surface area contributed by atoms with E-state index in [0.717, 1.165) is 10.8 Å². The van der Waals surface area contributed by atoms with E-state index in [9.17, 15) is 15.3 Å². The van der Waals surface area contributed by atoms with Crippen molar-refractivity contribution >= 4 is 10.8 Å². The van der Waals surface area contributed by atoms with Crippen LogP contribution in [0.1, 0.15) is 0 Å². The summed E-state index contributed by atoms with van der Waals surface area (Å²) in [4.78, 5) is 0. The summed E-state index contributed by atoms with van der Waals surface area (Å²) < 4.78 is 10.9. The molecular formula is C16H18O6. The van der Waals surface area contributed by atoms with Crippen LogP contribution in [0.3, 0.4) is 0 Å². The monoisotopic (exact) mass is 306 g/mol. The minimum atomic E-state index is -1.45. The number of rotatable bonds is 3. The van der Waals surface area contributed by atoms with Crippen molar-refractivity contribution in [2.75, 3.05) is 6.61 Å². The second-order valence-electron chi connectivity index (χ2n) is 5.32. The van der Waals surface area contributed by atoms with Crippen LogP contribution >= 0.6 is 0 Å². The van der Waals surface area contributed by atoms with Crippen LogP contribution in [-0.2, 0) is 4.74 Å². The largest absolute Gasteiger partial charge is 0.462 e. The highest BCUT2D eigenvalue weighted by molar-refractivity contribution is 5.83. The number of hydrogen-bond acceptors (Lipinski definition) is 6. The Labute approximate surface area is 127 Å². The molecule has 0 aromatic heterocycles. The zero-order valence-electron chi connectivity index (χ0n) is 11.7. The molecule has 4 N–H and O–H groups in total. The minimum Gasteiger partial charge on any atom is -0.462 e. The van der Waals surface area contributed by atoms with Gasteiger partial charge in [0, 0.05) is 0 Å². The smallest absolute Gasteiger partial charge is 0.229 e. The van der Waals surface area contributed by atoms with Gasteiger partial charge >= 0.3 is 0 Å². The number of aliphatic hydroxyl groups excluding tert-OH is 4. The van der Waals surface area contributed by atoms with Crippen LogP contribution in [0.4, 0.5) is 0 Å². The zero-order valence-corrected chi connectivity index (χ0v) is 11.7. The molecule has 0 unspecified atom stereocenters. The van der Waals surface area contributed by atoms with Gasteiger partial charge in [0.05, 0.1) is 6.61 Å². The third-order valence-corrected chi connectivity index (χ3v) is 3.82. The lowest BCUT2D eigenvalue weighted by Gasteiger charge is -2.39. The predicted octanol–water partition coefficient (Wildman–Crippen LogP) is 0.0185. The first-order valence-corrected chi connectivity index (χ1v) is 7.06. The van der Waals surface area contributed by atoms with Crippen molar-refractivity contribution < 1.29 is 29.9 Å². The Morgan fingerprint density at radius 1 is 0.909 bits per heavy atom. The van der Waals surface area contributed by atoms with Gasteiger partial charge in [-0.1, -0.05) is 30.3 Å². The molecule has 0 aliphatic carbocycles. The molecule has 22 heavy (non-hydrogen) atoms. The predicted molar refractivity (Wildman–Crippen MR) is 78.3 cm³/mol. The molecular weight excluding hydrogens is 288 g/mol. The zero-order chi connectivity index (χ0) is 15.7. The maximum atomic E-state index is 9.95. The van der Waals surface area contributed by atoms with E-state index in [2.05, 4.69) is 0 Å². The van der Waals surface area contributed by atoms with Gasteiger partial charge in [0.2, 0.25) is 6.29 Å². The SMILES string of the molecule is OC[C@@H]1O[C@H](Oc2ccc3ccccc3c2)[C@H](O)[C@H](O)[C@H]1O. The number of ether oxygens (including phenoxy) is 2. The molecule has 0 amide bonds. The Bertz CT molecular complexity index is 643. The average molecular weight is 306 g/mol. The molecule has 0 bridgehead atoms. The molecule has 1 fully saturated rings. The lowest BCUT2D eigenvalue weighted by atomic mass is 9.99. The summed E-state index contributed by atoms with van der Waals surface area (Å²) in [6.07, 6.45) is -6.40. The highest BCUT2D eigenvalue weighted by Gasteiger charge is 2.44. The van der Waals surface area contributed by atoms with E-state index in [1.807, 2.05) is 30.3 Å². The van der Waals surface area contributed by atoms with Crippen LogP contribution in [0.5, 0.6) is 5.75 Å². The van der Waals surface area contributed by atoms with Crippen molar-refractivity contribution in [2.45, 2.75) is 30.7 Å². The average Bonchev–Trinajstić information content (AvgIpc) is 2.55. The van der Waals surface area contributed by atoms with Crippen LogP contribution in [0.15, 0.2) is 42.5 Å². The molecule has 2 aromatic carbocycles. The maximum Gasteiger partial charge on any atom is 0.229 e. The van der Waals surface area contributed by atoms with E-state index in [-0.39, 0.29) is 0 Å². The fourth-order valence-electron chi connectivity index (χ4n) is 2.54. The Morgan fingerprint density at radius 2 is 1.64 bits per heavy atom. The molecule has 118 valence electrons. The fraction of sp³-hybridized carbons (Fsp3) is 0.375. The van der Waals surface area contributed by atoms with Crippen LogP contribution < -0.4 is 4.74 Å². The molecule has 1 aliphatic rings. The van der Waals surface area contributed by atoms with Gasteiger partial charge in [-0.2, -0.15) is 0 Å². The second-order valence-corrected chi connectivity index (χ2v) is 5.32. The molecule has 5 atom stereocenters. The van der Waals surface area contributed by atoms with E-state index >= 15 is 0 Å². The molecule has 0 radical (unpaired) electrons. The van der Waals surface area contributed by atoms with Crippen molar-refractivity contribution in [1.82, 2.24) is 0 Å². The molecule has 0 saturated carbocycles. The lowest BCUT2D eigenvalue weighted by Crippen LogP contribution is -2.60. The Morgan fingerprint density at radius 3 is 2.36 bits per heavy atom. The van der Waals surface area contributed by atoms with Gasteiger partial charge in [-0.3, -0.25) is 0 Å². The molecule has 0 spiro atoms. The van der Waals surface area contributed by atoms with Crippen molar-refractivity contribution in [1.29, 1.82) is 0 Å². The third-order valence-electron chi connectivity index (χ3n) is 3.82. The van der Waals surface area contributed by atoms with Crippen molar-refractivity contribution in [3.05, 3.63) is 42.5 Å². The fourth-order valence-corrected chi connectivity index (χ4v) is 2.54. The van der Waals surface area contributed by atoms with Gasteiger partial charge < -0.3 is 29.9 Å². The van der Waals surface area contributed by atoms with E-state index in [0.29, 0.717) is 5.75 Å². The minimum absolute atomic E-state index is 0.461. The van der Waals surface area contributed by atoms with E-state index in [4.69, 9.17) is 14.6 Å². The summed E-state index contributed by atoms with van der Waals surface area (Å²) in [5.74, 6) is 0.461. The Hall–Kier alpha value is -1.70. The quantitative estimate of drug-likeness (QED) is 0.638. The molecule has 1 saturated heterocycles. The number of benzene rings is 2. The summed E-state index contributed by atoms with van der Waals surface area (Å²) in [7, 11) is 0.